The van der Waals surface area contributed by atoms with E-state index in [1.54, 1.807) is 0 Å². The van der Waals surface area contributed by atoms with Crippen LogP contribution in [-0.2, 0) is 9.53 Å². The minimum atomic E-state index is 0.331. The van der Waals surface area contributed by atoms with Crippen molar-refractivity contribution < 1.29 is 9.53 Å². The number of rotatable bonds is 5. The number of amides is 1. The second-order valence-electron chi connectivity index (χ2n) is 11.7. The van der Waals surface area contributed by atoms with Crippen molar-refractivity contribution >= 4 is 5.91 Å². The van der Waals surface area contributed by atoms with Crippen molar-refractivity contribution in [1.29, 1.82) is 0 Å². The number of nitrogens with zero attached hydrogens (tertiary/aromatic N) is 3. The molecule has 5 unspecified atom stereocenters. The second kappa shape index (κ2) is 11.4. The number of fused-ring (bicyclic) bond motifs is 1. The summed E-state index contributed by atoms with van der Waals surface area (Å²) in [6.45, 7) is 9.06. The van der Waals surface area contributed by atoms with Crippen molar-refractivity contribution in [2.45, 2.75) is 88.8 Å². The van der Waals surface area contributed by atoms with E-state index in [0.29, 0.717) is 35.9 Å². The molecule has 6 heteroatoms. The lowest BCUT2D eigenvalue weighted by atomic mass is 9.74. The van der Waals surface area contributed by atoms with Gasteiger partial charge in [-0.2, -0.15) is 0 Å². The molecule has 188 valence electrons. The quantitative estimate of drug-likeness (QED) is 0.684. The van der Waals surface area contributed by atoms with Crippen molar-refractivity contribution in [3.63, 3.8) is 0 Å². The Hall–Kier alpha value is -0.690. The van der Waals surface area contributed by atoms with Gasteiger partial charge < -0.3 is 19.9 Å². The number of hydrogen-bond acceptors (Lipinski definition) is 5. The number of carbonyl (C=O) groups excluding carboxylic acids is 1. The zero-order valence-electron chi connectivity index (χ0n) is 21.1. The molecule has 6 nitrogen and oxygen atoms in total. The average molecular weight is 461 g/mol. The Bertz CT molecular complexity index is 640. The summed E-state index contributed by atoms with van der Waals surface area (Å²) in [7, 11) is 1.92. The highest BCUT2D eigenvalue weighted by molar-refractivity contribution is 5.79. The van der Waals surface area contributed by atoms with Crippen LogP contribution in [0, 0.1) is 17.8 Å². The maximum Gasteiger partial charge on any atom is 0.225 e. The first-order valence-corrected chi connectivity index (χ1v) is 14.2. The first-order valence-electron chi connectivity index (χ1n) is 14.2. The highest BCUT2D eigenvalue weighted by Crippen LogP contribution is 2.35. The number of piperidine rings is 2. The first-order chi connectivity index (χ1) is 16.2. The molecule has 3 heterocycles. The summed E-state index contributed by atoms with van der Waals surface area (Å²) in [4.78, 5) is 20.7. The number of likely N-dealkylation sites (tertiary alicyclic amines) is 1. The van der Waals surface area contributed by atoms with Gasteiger partial charge in [-0.05, 0) is 89.3 Å². The number of methoxy groups -OCH3 is 1. The van der Waals surface area contributed by atoms with E-state index in [2.05, 4.69) is 20.0 Å². The van der Waals surface area contributed by atoms with Gasteiger partial charge in [-0.15, -0.1) is 0 Å². The van der Waals surface area contributed by atoms with Crippen LogP contribution in [0.2, 0.25) is 0 Å². The van der Waals surface area contributed by atoms with Crippen LogP contribution in [0.25, 0.3) is 0 Å². The summed E-state index contributed by atoms with van der Waals surface area (Å²) in [5.41, 5.74) is 0. The largest absolute Gasteiger partial charge is 0.380 e. The summed E-state index contributed by atoms with van der Waals surface area (Å²) in [6, 6.07) is 1.14. The Morgan fingerprint density at radius 1 is 0.879 bits per heavy atom. The standard InChI is InChI=1S/C27H48N4O2/c1-33-24-12-11-22-10-4-13-28-25(22)26(24)30-16-6-14-29(17-18-30)19-21-7-5-15-31(20-21)27(32)23-8-2-3-9-23/h21-26,28H,2-20H2,1H3. The molecule has 0 aromatic rings. The van der Waals surface area contributed by atoms with Crippen LogP contribution in [0.15, 0.2) is 0 Å². The summed E-state index contributed by atoms with van der Waals surface area (Å²) in [5, 5.41) is 3.90. The van der Waals surface area contributed by atoms with Gasteiger partial charge in [0.15, 0.2) is 0 Å². The molecule has 5 atom stereocenters. The molecular weight excluding hydrogens is 412 g/mol. The third kappa shape index (κ3) is 5.60. The fourth-order valence-corrected chi connectivity index (χ4v) is 7.88. The van der Waals surface area contributed by atoms with Crippen LogP contribution in [0.1, 0.15) is 70.6 Å². The molecule has 5 rings (SSSR count). The summed E-state index contributed by atoms with van der Waals surface area (Å²) in [5.74, 6) is 2.29. The number of nitrogens with one attached hydrogen (secondary N) is 1. The van der Waals surface area contributed by atoms with Crippen LogP contribution in [-0.4, -0.2) is 98.3 Å². The molecule has 2 saturated carbocycles. The average Bonchev–Trinajstić information content (AvgIpc) is 3.30. The predicted molar refractivity (Wildman–Crippen MR) is 132 cm³/mol. The van der Waals surface area contributed by atoms with E-state index in [0.717, 1.165) is 44.9 Å². The minimum absolute atomic E-state index is 0.331. The molecule has 3 aliphatic heterocycles. The third-order valence-corrected chi connectivity index (χ3v) is 9.61. The van der Waals surface area contributed by atoms with Gasteiger partial charge in [-0.1, -0.05) is 12.8 Å². The summed E-state index contributed by atoms with van der Waals surface area (Å²) in [6.07, 6.45) is 14.1. The van der Waals surface area contributed by atoms with E-state index in [1.807, 2.05) is 7.11 Å². The SMILES string of the molecule is COC1CCC2CCCNC2C1N1CCCN(CC2CCCN(C(=O)C3CCCC3)C2)CC1. The van der Waals surface area contributed by atoms with Gasteiger partial charge in [0.05, 0.1) is 12.1 Å². The van der Waals surface area contributed by atoms with E-state index in [4.69, 9.17) is 4.74 Å². The Morgan fingerprint density at radius 2 is 1.76 bits per heavy atom. The van der Waals surface area contributed by atoms with E-state index < -0.39 is 0 Å². The molecule has 0 spiro atoms. The van der Waals surface area contributed by atoms with E-state index >= 15 is 0 Å². The van der Waals surface area contributed by atoms with Gasteiger partial charge in [-0.25, -0.2) is 0 Å². The summed E-state index contributed by atoms with van der Waals surface area (Å²) < 4.78 is 6.04. The normalized spacial score (nSPS) is 37.6. The van der Waals surface area contributed by atoms with Gasteiger partial charge in [0, 0.05) is 51.8 Å². The molecule has 1 amide bonds. The Morgan fingerprint density at radius 3 is 2.61 bits per heavy atom. The molecule has 1 N–H and O–H groups in total. The highest BCUT2D eigenvalue weighted by atomic mass is 16.5. The van der Waals surface area contributed by atoms with Crippen molar-refractivity contribution in [3.8, 4) is 0 Å². The number of ether oxygens (including phenoxy) is 1. The molecule has 33 heavy (non-hydrogen) atoms. The van der Waals surface area contributed by atoms with Crippen LogP contribution in [0.3, 0.4) is 0 Å². The second-order valence-corrected chi connectivity index (χ2v) is 11.7. The van der Waals surface area contributed by atoms with Crippen LogP contribution < -0.4 is 5.32 Å². The molecule has 0 bridgehead atoms. The minimum Gasteiger partial charge on any atom is -0.380 e. The molecule has 5 aliphatic rings. The van der Waals surface area contributed by atoms with Crippen LogP contribution >= 0.6 is 0 Å². The lowest BCUT2D eigenvalue weighted by Gasteiger charge is -2.49. The molecule has 5 fully saturated rings. The van der Waals surface area contributed by atoms with Gasteiger partial charge >= 0.3 is 0 Å². The lowest BCUT2D eigenvalue weighted by Crippen LogP contribution is -2.63. The van der Waals surface area contributed by atoms with Gasteiger partial charge in [0.1, 0.15) is 0 Å². The Balaban J connectivity index is 1.15. The summed E-state index contributed by atoms with van der Waals surface area (Å²) >= 11 is 0. The first kappa shape index (κ1) is 24.0. The molecule has 0 aromatic heterocycles. The number of hydrogen-bond donors (Lipinski definition) is 1. The Kier molecular flexibility index (Phi) is 8.27. The molecule has 0 radical (unpaired) electrons. The van der Waals surface area contributed by atoms with Gasteiger partial charge in [-0.3, -0.25) is 9.69 Å². The zero-order valence-corrected chi connectivity index (χ0v) is 21.1. The van der Waals surface area contributed by atoms with Crippen LogP contribution in [0.5, 0.6) is 0 Å². The molecular formula is C27H48N4O2. The maximum atomic E-state index is 13.0. The fourth-order valence-electron chi connectivity index (χ4n) is 7.88. The Labute approximate surface area is 201 Å². The molecule has 3 saturated heterocycles. The predicted octanol–water partition coefficient (Wildman–Crippen LogP) is 2.97. The van der Waals surface area contributed by atoms with E-state index in [1.165, 1.54) is 84.0 Å². The maximum absolute atomic E-state index is 13.0. The highest BCUT2D eigenvalue weighted by Gasteiger charge is 2.43. The van der Waals surface area contributed by atoms with Crippen molar-refractivity contribution in [2.75, 3.05) is 59.5 Å². The van der Waals surface area contributed by atoms with Crippen molar-refractivity contribution in [2.24, 2.45) is 17.8 Å². The lowest BCUT2D eigenvalue weighted by molar-refractivity contribution is -0.137. The monoisotopic (exact) mass is 460 g/mol. The van der Waals surface area contributed by atoms with E-state index in [9.17, 15) is 4.79 Å². The van der Waals surface area contributed by atoms with E-state index in [-0.39, 0.29) is 0 Å². The zero-order chi connectivity index (χ0) is 22.6. The molecule has 2 aliphatic carbocycles. The molecule has 0 aromatic carbocycles. The van der Waals surface area contributed by atoms with Gasteiger partial charge in [0.2, 0.25) is 5.91 Å². The topological polar surface area (TPSA) is 48.1 Å². The van der Waals surface area contributed by atoms with Crippen LogP contribution in [0.4, 0.5) is 0 Å². The number of carbonyl (C=O) groups is 1. The van der Waals surface area contributed by atoms with Crippen molar-refractivity contribution in [3.05, 3.63) is 0 Å². The smallest absolute Gasteiger partial charge is 0.225 e. The van der Waals surface area contributed by atoms with Gasteiger partial charge in [0.25, 0.3) is 0 Å². The third-order valence-electron chi connectivity index (χ3n) is 9.61. The van der Waals surface area contributed by atoms with Crippen molar-refractivity contribution in [1.82, 2.24) is 20.0 Å². The fraction of sp³-hybridized carbons (Fsp3) is 0.963.